The number of thiophene rings is 1. The average molecular weight is 310 g/mol. The summed E-state index contributed by atoms with van der Waals surface area (Å²) in [5.41, 5.74) is 1.46. The van der Waals surface area contributed by atoms with E-state index in [4.69, 9.17) is 0 Å². The van der Waals surface area contributed by atoms with Crippen molar-refractivity contribution >= 4 is 11.3 Å². The molecule has 2 heteroatoms. The third kappa shape index (κ3) is 7.46. The highest BCUT2D eigenvalue weighted by molar-refractivity contribution is 7.12. The van der Waals surface area contributed by atoms with Crippen LogP contribution < -0.4 is 5.32 Å². The van der Waals surface area contributed by atoms with Gasteiger partial charge in [-0.3, -0.25) is 0 Å². The minimum atomic E-state index is 0.581. The molecule has 0 fully saturated rings. The van der Waals surface area contributed by atoms with Crippen LogP contribution in [0.2, 0.25) is 0 Å². The van der Waals surface area contributed by atoms with E-state index in [-0.39, 0.29) is 0 Å². The molecule has 0 aliphatic rings. The van der Waals surface area contributed by atoms with Gasteiger partial charge in [-0.2, -0.15) is 0 Å². The van der Waals surface area contributed by atoms with Gasteiger partial charge < -0.3 is 5.32 Å². The zero-order valence-corrected chi connectivity index (χ0v) is 15.5. The number of unbranched alkanes of at least 4 members (excludes halogenated alkanes) is 6. The maximum absolute atomic E-state index is 3.75. The van der Waals surface area contributed by atoms with Crippen LogP contribution in [0, 0.1) is 13.8 Å². The molecule has 0 saturated heterocycles. The van der Waals surface area contributed by atoms with Crippen molar-refractivity contribution in [1.29, 1.82) is 0 Å². The summed E-state index contributed by atoms with van der Waals surface area (Å²) >= 11 is 1.99. The fourth-order valence-corrected chi connectivity index (χ4v) is 3.90. The van der Waals surface area contributed by atoms with E-state index in [9.17, 15) is 0 Å². The molecule has 1 rings (SSSR count). The third-order valence-corrected chi connectivity index (χ3v) is 5.53. The average Bonchev–Trinajstić information content (AvgIpc) is 2.80. The molecule has 1 nitrogen and oxygen atoms in total. The predicted molar refractivity (Wildman–Crippen MR) is 97.4 cm³/mol. The summed E-state index contributed by atoms with van der Waals surface area (Å²) in [5.74, 6) is 0. The van der Waals surface area contributed by atoms with E-state index in [0.29, 0.717) is 6.04 Å². The molecule has 122 valence electrons. The Hall–Kier alpha value is -0.340. The number of rotatable bonds is 12. The lowest BCUT2D eigenvalue weighted by atomic mass is 10.0. The maximum atomic E-state index is 3.75. The zero-order valence-electron chi connectivity index (χ0n) is 14.6. The molecule has 0 aromatic carbocycles. The van der Waals surface area contributed by atoms with Gasteiger partial charge in [0.1, 0.15) is 0 Å². The second-order valence-corrected chi connectivity index (χ2v) is 7.59. The normalized spacial score (nSPS) is 12.8. The minimum absolute atomic E-state index is 0.581. The first-order valence-electron chi connectivity index (χ1n) is 8.99. The molecule has 21 heavy (non-hydrogen) atoms. The molecule has 0 amide bonds. The van der Waals surface area contributed by atoms with Crippen molar-refractivity contribution in [3.05, 3.63) is 21.4 Å². The zero-order chi connectivity index (χ0) is 15.5. The van der Waals surface area contributed by atoms with Crippen molar-refractivity contribution in [3.8, 4) is 0 Å². The Labute approximate surface area is 136 Å². The van der Waals surface area contributed by atoms with Crippen LogP contribution in [-0.4, -0.2) is 6.54 Å². The summed E-state index contributed by atoms with van der Waals surface area (Å²) in [6.07, 6.45) is 12.3. The highest BCUT2D eigenvalue weighted by Gasteiger charge is 2.13. The van der Waals surface area contributed by atoms with E-state index in [0.717, 1.165) is 6.54 Å². The summed E-state index contributed by atoms with van der Waals surface area (Å²) in [6.45, 7) is 10.2. The Morgan fingerprint density at radius 1 is 0.952 bits per heavy atom. The van der Waals surface area contributed by atoms with Gasteiger partial charge in [0.25, 0.3) is 0 Å². The van der Waals surface area contributed by atoms with E-state index in [1.807, 2.05) is 11.3 Å². The van der Waals surface area contributed by atoms with E-state index in [2.05, 4.69) is 39.1 Å². The Morgan fingerprint density at radius 2 is 1.62 bits per heavy atom. The minimum Gasteiger partial charge on any atom is -0.309 e. The summed E-state index contributed by atoms with van der Waals surface area (Å²) in [4.78, 5) is 3.03. The van der Waals surface area contributed by atoms with E-state index < -0.39 is 0 Å². The summed E-state index contributed by atoms with van der Waals surface area (Å²) in [7, 11) is 0. The molecule has 0 aliphatic carbocycles. The molecule has 0 spiro atoms. The van der Waals surface area contributed by atoms with Gasteiger partial charge in [0.05, 0.1) is 0 Å². The molecule has 0 bridgehead atoms. The monoisotopic (exact) mass is 309 g/mol. The number of aryl methyl sites for hydroxylation is 2. The van der Waals surface area contributed by atoms with Gasteiger partial charge in [-0.05, 0) is 44.9 Å². The first kappa shape index (κ1) is 18.7. The van der Waals surface area contributed by atoms with Crippen molar-refractivity contribution < 1.29 is 0 Å². The highest BCUT2D eigenvalue weighted by Crippen LogP contribution is 2.29. The number of hydrogen-bond acceptors (Lipinski definition) is 2. The lowest BCUT2D eigenvalue weighted by molar-refractivity contribution is 0.471. The van der Waals surface area contributed by atoms with Crippen LogP contribution in [0.5, 0.6) is 0 Å². The summed E-state index contributed by atoms with van der Waals surface area (Å²) < 4.78 is 0. The van der Waals surface area contributed by atoms with Crippen LogP contribution in [0.15, 0.2) is 6.07 Å². The van der Waals surface area contributed by atoms with Crippen LogP contribution in [0.4, 0.5) is 0 Å². The number of hydrogen-bond donors (Lipinski definition) is 1. The SMILES string of the molecule is CCCCCCCCCC(NCCC)c1cc(C)c(C)s1. The van der Waals surface area contributed by atoms with Crippen LogP contribution in [0.1, 0.15) is 93.0 Å². The van der Waals surface area contributed by atoms with Gasteiger partial charge >= 0.3 is 0 Å². The molecular weight excluding hydrogens is 274 g/mol. The molecule has 1 aromatic rings. The second kappa shape index (κ2) is 11.3. The Balaban J connectivity index is 2.33. The van der Waals surface area contributed by atoms with Gasteiger partial charge in [0.2, 0.25) is 0 Å². The topological polar surface area (TPSA) is 12.0 Å². The van der Waals surface area contributed by atoms with Gasteiger partial charge in [0, 0.05) is 15.8 Å². The van der Waals surface area contributed by atoms with Crippen molar-refractivity contribution in [2.75, 3.05) is 6.54 Å². The van der Waals surface area contributed by atoms with Crippen LogP contribution in [0.3, 0.4) is 0 Å². The maximum Gasteiger partial charge on any atom is 0.0414 e. The molecule has 1 unspecified atom stereocenters. The highest BCUT2D eigenvalue weighted by atomic mass is 32.1. The van der Waals surface area contributed by atoms with E-state index >= 15 is 0 Å². The smallest absolute Gasteiger partial charge is 0.0414 e. The third-order valence-electron chi connectivity index (χ3n) is 4.27. The molecule has 1 N–H and O–H groups in total. The molecule has 1 aromatic heterocycles. The molecule has 0 radical (unpaired) electrons. The van der Waals surface area contributed by atoms with E-state index in [1.54, 1.807) is 4.88 Å². The van der Waals surface area contributed by atoms with E-state index in [1.165, 1.54) is 68.2 Å². The van der Waals surface area contributed by atoms with Gasteiger partial charge in [-0.1, -0.05) is 58.8 Å². The Morgan fingerprint density at radius 3 is 2.19 bits per heavy atom. The molecule has 1 heterocycles. The first-order valence-corrected chi connectivity index (χ1v) is 9.81. The van der Waals surface area contributed by atoms with Gasteiger partial charge in [0.15, 0.2) is 0 Å². The quantitative estimate of drug-likeness (QED) is 0.432. The first-order chi connectivity index (χ1) is 10.2. The fraction of sp³-hybridized carbons (Fsp3) is 0.789. The lowest BCUT2D eigenvalue weighted by Crippen LogP contribution is -2.21. The van der Waals surface area contributed by atoms with Crippen molar-refractivity contribution in [1.82, 2.24) is 5.32 Å². The standard InChI is InChI=1S/C19H35NS/c1-5-7-8-9-10-11-12-13-18(20-14-6-2)19-15-16(3)17(4)21-19/h15,18,20H,5-14H2,1-4H3. The Bertz CT molecular complexity index is 350. The molecule has 0 saturated carbocycles. The van der Waals surface area contributed by atoms with Gasteiger partial charge in [-0.25, -0.2) is 0 Å². The van der Waals surface area contributed by atoms with Crippen molar-refractivity contribution in [2.45, 2.75) is 91.5 Å². The van der Waals surface area contributed by atoms with Crippen molar-refractivity contribution in [3.63, 3.8) is 0 Å². The summed E-state index contributed by atoms with van der Waals surface area (Å²) in [6, 6.07) is 2.98. The number of nitrogens with one attached hydrogen (secondary N) is 1. The van der Waals surface area contributed by atoms with Crippen LogP contribution in [-0.2, 0) is 0 Å². The van der Waals surface area contributed by atoms with Crippen LogP contribution >= 0.6 is 11.3 Å². The van der Waals surface area contributed by atoms with Crippen molar-refractivity contribution in [2.24, 2.45) is 0 Å². The lowest BCUT2D eigenvalue weighted by Gasteiger charge is -2.17. The largest absolute Gasteiger partial charge is 0.309 e. The summed E-state index contributed by atoms with van der Waals surface area (Å²) in [5, 5.41) is 3.75. The molecule has 0 aliphatic heterocycles. The predicted octanol–water partition coefficient (Wildman–Crippen LogP) is 6.55. The molecule has 1 atom stereocenters. The Kier molecular flexibility index (Phi) is 10.0. The van der Waals surface area contributed by atoms with Gasteiger partial charge in [-0.15, -0.1) is 11.3 Å². The fourth-order valence-electron chi connectivity index (χ4n) is 2.74. The van der Waals surface area contributed by atoms with Crippen LogP contribution in [0.25, 0.3) is 0 Å². The second-order valence-electron chi connectivity index (χ2n) is 6.30. The molecular formula is C19H35NS.